The normalized spacial score (nSPS) is 10.7. The number of hydrazone groups is 1. The Labute approximate surface area is 150 Å². The van der Waals surface area contributed by atoms with Crippen LogP contribution in [0.2, 0.25) is 0 Å². The molecule has 0 aliphatic carbocycles. The lowest BCUT2D eigenvalue weighted by Gasteiger charge is -2.07. The molecule has 8 heteroatoms. The van der Waals surface area contributed by atoms with Gasteiger partial charge in [-0.1, -0.05) is 30.3 Å². The van der Waals surface area contributed by atoms with Crippen LogP contribution in [0.15, 0.2) is 47.6 Å². The number of aromatic hydroxyl groups is 1. The summed E-state index contributed by atoms with van der Waals surface area (Å²) in [6.07, 6.45) is 2.11. The molecule has 0 heterocycles. The fraction of sp³-hybridized carbons (Fsp3) is 0.222. The molecule has 0 aromatic heterocycles. The first kappa shape index (κ1) is 18.9. The topological polar surface area (TPSA) is 114 Å². The number of amides is 1. The molecule has 0 unspecified atom stereocenters. The highest BCUT2D eigenvalue weighted by Gasteiger charge is 2.19. The third-order valence-corrected chi connectivity index (χ3v) is 3.46. The standard InChI is InChI=1S/C18H19N3O5/c1-2-26-16-11-14(10-15(18(16)23)21(24)25)12-19-20-17(22)9-8-13-6-4-3-5-7-13/h3-7,10-12,23H,2,8-9H2,1H3,(H,20,22)/b19-12-. The average Bonchev–Trinajstić information content (AvgIpc) is 2.63. The van der Waals surface area contributed by atoms with Gasteiger partial charge in [-0.05, 0) is 25.0 Å². The van der Waals surface area contributed by atoms with Crippen LogP contribution in [0.5, 0.6) is 11.5 Å². The molecule has 2 N–H and O–H groups in total. The maximum Gasteiger partial charge on any atom is 0.315 e. The summed E-state index contributed by atoms with van der Waals surface area (Å²) >= 11 is 0. The number of rotatable bonds is 8. The first-order chi connectivity index (χ1) is 12.5. The molecule has 0 aliphatic rings. The van der Waals surface area contributed by atoms with Crippen molar-refractivity contribution in [1.29, 1.82) is 0 Å². The first-order valence-corrected chi connectivity index (χ1v) is 8.01. The quantitative estimate of drug-likeness (QED) is 0.428. The van der Waals surface area contributed by atoms with Gasteiger partial charge >= 0.3 is 5.69 Å². The third kappa shape index (κ3) is 5.30. The zero-order valence-corrected chi connectivity index (χ0v) is 14.2. The predicted octanol–water partition coefficient (Wildman–Crippen LogP) is 2.78. The average molecular weight is 357 g/mol. The second kappa shape index (κ2) is 9.16. The summed E-state index contributed by atoms with van der Waals surface area (Å²) in [4.78, 5) is 22.1. The van der Waals surface area contributed by atoms with Crippen LogP contribution in [-0.4, -0.2) is 28.8 Å². The van der Waals surface area contributed by atoms with Gasteiger partial charge in [0.1, 0.15) is 0 Å². The molecule has 2 rings (SSSR count). The highest BCUT2D eigenvalue weighted by Crippen LogP contribution is 2.36. The van der Waals surface area contributed by atoms with E-state index in [0.717, 1.165) is 11.6 Å². The molecule has 0 fully saturated rings. The van der Waals surface area contributed by atoms with Gasteiger partial charge in [0.25, 0.3) is 0 Å². The SMILES string of the molecule is CCOc1cc(/C=N\NC(=O)CCc2ccccc2)cc([N+](=O)[O-])c1O. The van der Waals surface area contributed by atoms with Crippen LogP contribution >= 0.6 is 0 Å². The minimum Gasteiger partial charge on any atom is -0.500 e. The van der Waals surface area contributed by atoms with Crippen molar-refractivity contribution < 1.29 is 19.6 Å². The molecular formula is C18H19N3O5. The van der Waals surface area contributed by atoms with Gasteiger partial charge in [0.05, 0.1) is 17.7 Å². The number of carbonyl (C=O) groups is 1. The van der Waals surface area contributed by atoms with E-state index >= 15 is 0 Å². The second-order valence-electron chi connectivity index (χ2n) is 5.36. The number of carbonyl (C=O) groups excluding carboxylic acids is 1. The summed E-state index contributed by atoms with van der Waals surface area (Å²) in [7, 11) is 0. The van der Waals surface area contributed by atoms with Crippen LogP contribution < -0.4 is 10.2 Å². The molecule has 0 atom stereocenters. The summed E-state index contributed by atoms with van der Waals surface area (Å²) in [5.41, 5.74) is 3.25. The summed E-state index contributed by atoms with van der Waals surface area (Å²) in [5, 5.41) is 24.6. The number of ether oxygens (including phenoxy) is 1. The number of nitro benzene ring substituents is 1. The Balaban J connectivity index is 2.00. The van der Waals surface area contributed by atoms with Gasteiger partial charge in [0.2, 0.25) is 11.7 Å². The number of nitrogens with one attached hydrogen (secondary N) is 1. The Bertz CT molecular complexity index is 806. The molecule has 0 saturated heterocycles. The van der Waals surface area contributed by atoms with Gasteiger partial charge in [-0.15, -0.1) is 0 Å². The molecule has 0 spiro atoms. The Morgan fingerprint density at radius 2 is 2.08 bits per heavy atom. The number of phenolic OH excluding ortho intramolecular Hbond substituents is 1. The van der Waals surface area contributed by atoms with Crippen LogP contribution in [0.3, 0.4) is 0 Å². The van der Waals surface area contributed by atoms with E-state index in [2.05, 4.69) is 10.5 Å². The molecule has 0 aliphatic heterocycles. The van der Waals surface area contributed by atoms with Crippen molar-refractivity contribution in [3.05, 3.63) is 63.7 Å². The monoisotopic (exact) mass is 357 g/mol. The lowest BCUT2D eigenvalue weighted by atomic mass is 10.1. The molecule has 0 bridgehead atoms. The van der Waals surface area contributed by atoms with Crippen LogP contribution in [0, 0.1) is 10.1 Å². The van der Waals surface area contributed by atoms with Gasteiger partial charge in [-0.25, -0.2) is 5.43 Å². The van der Waals surface area contributed by atoms with Crippen molar-refractivity contribution >= 4 is 17.8 Å². The molecule has 136 valence electrons. The maximum atomic E-state index is 11.8. The number of nitro groups is 1. The van der Waals surface area contributed by atoms with Crippen molar-refractivity contribution in [3.63, 3.8) is 0 Å². The lowest BCUT2D eigenvalue weighted by molar-refractivity contribution is -0.386. The highest BCUT2D eigenvalue weighted by atomic mass is 16.6. The zero-order valence-electron chi connectivity index (χ0n) is 14.2. The fourth-order valence-electron chi connectivity index (χ4n) is 2.23. The number of phenols is 1. The number of benzene rings is 2. The molecular weight excluding hydrogens is 338 g/mol. The van der Waals surface area contributed by atoms with E-state index in [1.54, 1.807) is 6.92 Å². The Morgan fingerprint density at radius 3 is 2.73 bits per heavy atom. The Morgan fingerprint density at radius 1 is 1.35 bits per heavy atom. The van der Waals surface area contributed by atoms with Crippen LogP contribution in [0.1, 0.15) is 24.5 Å². The summed E-state index contributed by atoms with van der Waals surface area (Å²) in [5.74, 6) is -0.831. The van der Waals surface area contributed by atoms with Crippen LogP contribution in [0.4, 0.5) is 5.69 Å². The molecule has 26 heavy (non-hydrogen) atoms. The fourth-order valence-corrected chi connectivity index (χ4v) is 2.23. The summed E-state index contributed by atoms with van der Waals surface area (Å²) in [6.45, 7) is 1.93. The second-order valence-corrected chi connectivity index (χ2v) is 5.36. The van der Waals surface area contributed by atoms with Gasteiger partial charge in [0, 0.05) is 18.1 Å². The zero-order chi connectivity index (χ0) is 18.9. The Kier molecular flexibility index (Phi) is 6.67. The smallest absolute Gasteiger partial charge is 0.315 e. The van der Waals surface area contributed by atoms with Gasteiger partial charge in [-0.2, -0.15) is 5.10 Å². The van der Waals surface area contributed by atoms with Crippen molar-refractivity contribution in [1.82, 2.24) is 5.43 Å². The van der Waals surface area contributed by atoms with E-state index < -0.39 is 16.4 Å². The number of hydrogen-bond donors (Lipinski definition) is 2. The number of aryl methyl sites for hydroxylation is 1. The van der Waals surface area contributed by atoms with Crippen LogP contribution in [0.25, 0.3) is 0 Å². The van der Waals surface area contributed by atoms with E-state index in [0.29, 0.717) is 12.0 Å². The van der Waals surface area contributed by atoms with Gasteiger partial charge < -0.3 is 9.84 Å². The molecule has 1 amide bonds. The number of hydrogen-bond acceptors (Lipinski definition) is 6. The highest BCUT2D eigenvalue weighted by molar-refractivity contribution is 5.84. The molecule has 2 aromatic carbocycles. The van der Waals surface area contributed by atoms with E-state index in [4.69, 9.17) is 4.74 Å². The van der Waals surface area contributed by atoms with E-state index in [9.17, 15) is 20.0 Å². The van der Waals surface area contributed by atoms with E-state index in [1.807, 2.05) is 30.3 Å². The van der Waals surface area contributed by atoms with Crippen LogP contribution in [-0.2, 0) is 11.2 Å². The number of nitrogens with zero attached hydrogens (tertiary/aromatic N) is 2. The predicted molar refractivity (Wildman–Crippen MR) is 96.4 cm³/mol. The minimum absolute atomic E-state index is 0.0152. The molecule has 8 nitrogen and oxygen atoms in total. The van der Waals surface area contributed by atoms with Crippen molar-refractivity contribution in [2.24, 2.45) is 5.10 Å². The van der Waals surface area contributed by atoms with Crippen molar-refractivity contribution in [2.75, 3.05) is 6.61 Å². The summed E-state index contributed by atoms with van der Waals surface area (Å²) in [6, 6.07) is 12.1. The molecule has 0 saturated carbocycles. The van der Waals surface area contributed by atoms with Crippen molar-refractivity contribution in [3.8, 4) is 11.5 Å². The minimum atomic E-state index is -0.715. The van der Waals surface area contributed by atoms with Gasteiger partial charge in [0.15, 0.2) is 5.75 Å². The maximum absolute atomic E-state index is 11.8. The third-order valence-electron chi connectivity index (χ3n) is 3.46. The first-order valence-electron chi connectivity index (χ1n) is 8.01. The van der Waals surface area contributed by atoms with Crippen molar-refractivity contribution in [2.45, 2.75) is 19.8 Å². The lowest BCUT2D eigenvalue weighted by Crippen LogP contribution is -2.17. The molecule has 0 radical (unpaired) electrons. The largest absolute Gasteiger partial charge is 0.500 e. The Hall–Kier alpha value is -3.42. The summed E-state index contributed by atoms with van der Waals surface area (Å²) < 4.78 is 5.18. The molecule has 2 aromatic rings. The van der Waals surface area contributed by atoms with Gasteiger partial charge in [-0.3, -0.25) is 14.9 Å². The van der Waals surface area contributed by atoms with E-state index in [1.165, 1.54) is 12.3 Å². The van der Waals surface area contributed by atoms with E-state index in [-0.39, 0.29) is 24.7 Å².